The van der Waals surface area contributed by atoms with E-state index in [1.807, 2.05) is 0 Å². The van der Waals surface area contributed by atoms with Crippen molar-refractivity contribution in [3.8, 4) is 0 Å². The Morgan fingerprint density at radius 3 is 2.95 bits per heavy atom. The van der Waals surface area contributed by atoms with Crippen molar-refractivity contribution in [2.24, 2.45) is 0 Å². The predicted octanol–water partition coefficient (Wildman–Crippen LogP) is 1.30. The van der Waals surface area contributed by atoms with E-state index in [0.29, 0.717) is 6.54 Å². The average molecular weight is 316 g/mol. The molecule has 1 aliphatic heterocycles. The van der Waals surface area contributed by atoms with Crippen molar-refractivity contribution in [3.63, 3.8) is 0 Å². The molecule has 2 heterocycles. The molecule has 1 fully saturated rings. The minimum atomic E-state index is -3.83. The lowest BCUT2D eigenvalue weighted by atomic mass is 10.2. The van der Waals surface area contributed by atoms with Crippen LogP contribution in [-0.2, 0) is 10.0 Å². The van der Waals surface area contributed by atoms with E-state index in [-0.39, 0.29) is 15.7 Å². The zero-order valence-corrected chi connectivity index (χ0v) is 12.7. The normalized spacial score (nSPS) is 19.4. The Bertz CT molecular complexity index is 597. The van der Waals surface area contributed by atoms with Gasteiger partial charge in [0, 0.05) is 31.2 Å². The quantitative estimate of drug-likeness (QED) is 0.881. The van der Waals surface area contributed by atoms with Crippen LogP contribution in [0.4, 0.5) is 0 Å². The van der Waals surface area contributed by atoms with Crippen molar-refractivity contribution in [1.29, 1.82) is 0 Å². The molecule has 6 nitrogen and oxygen atoms in total. The largest absolute Gasteiger partial charge is 0.478 e. The van der Waals surface area contributed by atoms with E-state index in [1.165, 1.54) is 23.6 Å². The van der Waals surface area contributed by atoms with Gasteiger partial charge in [0.25, 0.3) is 0 Å². The Hall–Kier alpha value is -1.12. The van der Waals surface area contributed by atoms with E-state index < -0.39 is 16.0 Å². The number of aromatic carboxylic acids is 1. The lowest BCUT2D eigenvalue weighted by Crippen LogP contribution is -2.33. The first-order chi connectivity index (χ1) is 9.43. The molecular formula is C12H16N2O4S2. The van der Waals surface area contributed by atoms with Crippen LogP contribution in [0.1, 0.15) is 23.2 Å². The van der Waals surface area contributed by atoms with Gasteiger partial charge in [0.05, 0.1) is 5.56 Å². The summed E-state index contributed by atoms with van der Waals surface area (Å²) < 4.78 is 26.1. The third-order valence-corrected chi connectivity index (χ3v) is 6.42. The van der Waals surface area contributed by atoms with Gasteiger partial charge in [-0.25, -0.2) is 13.2 Å². The standard InChI is InChI=1S/C12H16N2O4S2/c1-14(8-9-3-2-6-19-9)20(17,18)11-7-13-5-4-10(11)12(15)16/h4-5,7,9H,2-3,6,8H2,1H3,(H,15,16). The second-order valence-corrected chi connectivity index (χ2v) is 8.02. The Kier molecular flexibility index (Phi) is 4.66. The molecule has 110 valence electrons. The maximum Gasteiger partial charge on any atom is 0.337 e. The maximum atomic E-state index is 12.5. The van der Waals surface area contributed by atoms with E-state index in [9.17, 15) is 13.2 Å². The smallest absolute Gasteiger partial charge is 0.337 e. The number of thioether (sulfide) groups is 1. The third kappa shape index (κ3) is 3.13. The molecule has 0 bridgehead atoms. The zero-order chi connectivity index (χ0) is 14.8. The van der Waals surface area contributed by atoms with Gasteiger partial charge in [-0.15, -0.1) is 0 Å². The summed E-state index contributed by atoms with van der Waals surface area (Å²) in [6.45, 7) is 0.390. The van der Waals surface area contributed by atoms with Crippen LogP contribution in [0, 0.1) is 0 Å². The molecule has 0 aliphatic carbocycles. The van der Waals surface area contributed by atoms with E-state index in [1.54, 1.807) is 11.8 Å². The molecule has 1 atom stereocenters. The van der Waals surface area contributed by atoms with E-state index >= 15 is 0 Å². The van der Waals surface area contributed by atoms with Gasteiger partial charge in [-0.05, 0) is 24.7 Å². The molecule has 20 heavy (non-hydrogen) atoms. The number of pyridine rings is 1. The summed E-state index contributed by atoms with van der Waals surface area (Å²) in [5.74, 6) is -0.221. The van der Waals surface area contributed by atoms with E-state index in [0.717, 1.165) is 24.8 Å². The average Bonchev–Trinajstić information content (AvgIpc) is 2.91. The van der Waals surface area contributed by atoms with Crippen molar-refractivity contribution in [2.75, 3.05) is 19.3 Å². The Morgan fingerprint density at radius 2 is 2.35 bits per heavy atom. The second kappa shape index (κ2) is 6.11. The minimum Gasteiger partial charge on any atom is -0.478 e. The number of sulfonamides is 1. The number of aromatic nitrogens is 1. The first kappa shape index (κ1) is 15.3. The Labute approximate surface area is 122 Å². The second-order valence-electron chi connectivity index (χ2n) is 4.60. The number of hydrogen-bond donors (Lipinski definition) is 1. The number of carboxylic acid groups (broad SMARTS) is 1. The van der Waals surface area contributed by atoms with Crippen molar-refractivity contribution in [3.05, 3.63) is 24.0 Å². The summed E-state index contributed by atoms with van der Waals surface area (Å²) in [7, 11) is -2.35. The molecule has 0 radical (unpaired) electrons. The molecule has 1 N–H and O–H groups in total. The number of carbonyl (C=O) groups is 1. The van der Waals surface area contributed by atoms with Crippen LogP contribution in [0.2, 0.25) is 0 Å². The van der Waals surface area contributed by atoms with Crippen molar-refractivity contribution < 1.29 is 18.3 Å². The van der Waals surface area contributed by atoms with Gasteiger partial charge >= 0.3 is 5.97 Å². The van der Waals surface area contributed by atoms with Gasteiger partial charge < -0.3 is 5.11 Å². The van der Waals surface area contributed by atoms with Gasteiger partial charge in [-0.3, -0.25) is 4.98 Å². The van der Waals surface area contributed by atoms with Crippen LogP contribution in [-0.4, -0.2) is 53.4 Å². The third-order valence-electron chi connectivity index (χ3n) is 3.19. The first-order valence-electron chi connectivity index (χ1n) is 6.18. The summed E-state index contributed by atoms with van der Waals surface area (Å²) in [6, 6.07) is 1.20. The molecule has 1 aromatic rings. The summed E-state index contributed by atoms with van der Waals surface area (Å²) in [5.41, 5.74) is -0.245. The highest BCUT2D eigenvalue weighted by Crippen LogP contribution is 2.28. The molecule has 1 unspecified atom stereocenters. The van der Waals surface area contributed by atoms with E-state index in [2.05, 4.69) is 4.98 Å². The molecule has 1 aromatic heterocycles. The fourth-order valence-corrected chi connectivity index (χ4v) is 4.87. The summed E-state index contributed by atoms with van der Waals surface area (Å²) in [5, 5.41) is 9.36. The van der Waals surface area contributed by atoms with Gasteiger partial charge in [0.1, 0.15) is 4.90 Å². The first-order valence-corrected chi connectivity index (χ1v) is 8.67. The van der Waals surface area contributed by atoms with Crippen LogP contribution in [0.5, 0.6) is 0 Å². The molecule has 8 heteroatoms. The van der Waals surface area contributed by atoms with Crippen LogP contribution < -0.4 is 0 Å². The molecule has 0 spiro atoms. The fraction of sp³-hybridized carbons (Fsp3) is 0.500. The molecule has 1 saturated heterocycles. The fourth-order valence-electron chi connectivity index (χ4n) is 2.10. The molecule has 0 amide bonds. The topological polar surface area (TPSA) is 87.6 Å². The molecule has 1 aliphatic rings. The summed E-state index contributed by atoms with van der Waals surface area (Å²) in [6.07, 6.45) is 4.45. The van der Waals surface area contributed by atoms with Gasteiger partial charge in [0.15, 0.2) is 0 Å². The Morgan fingerprint density at radius 1 is 1.60 bits per heavy atom. The molecule has 0 saturated carbocycles. The van der Waals surface area contributed by atoms with Gasteiger partial charge in [-0.1, -0.05) is 0 Å². The highest BCUT2D eigenvalue weighted by molar-refractivity contribution is 8.00. The lowest BCUT2D eigenvalue weighted by Gasteiger charge is -2.20. The monoisotopic (exact) mass is 316 g/mol. The number of carboxylic acids is 1. The number of hydrogen-bond acceptors (Lipinski definition) is 5. The molecule has 2 rings (SSSR count). The van der Waals surface area contributed by atoms with Crippen LogP contribution in [0.25, 0.3) is 0 Å². The summed E-state index contributed by atoms with van der Waals surface area (Å²) >= 11 is 1.75. The SMILES string of the molecule is CN(CC1CCCS1)S(=O)(=O)c1cnccc1C(=O)O. The highest BCUT2D eigenvalue weighted by Gasteiger charge is 2.29. The van der Waals surface area contributed by atoms with Gasteiger partial charge in [-0.2, -0.15) is 16.1 Å². The van der Waals surface area contributed by atoms with E-state index in [4.69, 9.17) is 5.11 Å². The highest BCUT2D eigenvalue weighted by atomic mass is 32.2. The lowest BCUT2D eigenvalue weighted by molar-refractivity contribution is 0.0692. The summed E-state index contributed by atoms with van der Waals surface area (Å²) in [4.78, 5) is 14.6. The number of nitrogens with zero attached hydrogens (tertiary/aromatic N) is 2. The number of rotatable bonds is 5. The van der Waals surface area contributed by atoms with Crippen molar-refractivity contribution in [2.45, 2.75) is 23.0 Å². The van der Waals surface area contributed by atoms with Crippen molar-refractivity contribution in [1.82, 2.24) is 9.29 Å². The zero-order valence-electron chi connectivity index (χ0n) is 11.0. The van der Waals surface area contributed by atoms with Gasteiger partial charge in [0.2, 0.25) is 10.0 Å². The maximum absolute atomic E-state index is 12.5. The van der Waals surface area contributed by atoms with Crippen LogP contribution in [0.15, 0.2) is 23.4 Å². The van der Waals surface area contributed by atoms with Crippen LogP contribution >= 0.6 is 11.8 Å². The molecule has 0 aromatic carbocycles. The van der Waals surface area contributed by atoms with Crippen molar-refractivity contribution >= 4 is 27.8 Å². The van der Waals surface area contributed by atoms with Crippen LogP contribution in [0.3, 0.4) is 0 Å². The minimum absolute atomic E-state index is 0.245. The Balaban J connectivity index is 2.27. The molecular weight excluding hydrogens is 300 g/mol. The predicted molar refractivity (Wildman–Crippen MR) is 76.5 cm³/mol.